The maximum absolute atomic E-state index is 13.3. The van der Waals surface area contributed by atoms with Gasteiger partial charge in [-0.2, -0.15) is 83.4 Å². The predicted molar refractivity (Wildman–Crippen MR) is 60.9 cm³/mol. The monoisotopic (exact) mass is 542 g/mol. The van der Waals surface area contributed by atoms with Crippen LogP contribution in [-0.4, -0.2) is 59.8 Å². The molecular formula is C12H2F20O. The fourth-order valence-corrected chi connectivity index (χ4v) is 1.68. The molecule has 0 bridgehead atoms. The van der Waals surface area contributed by atoms with E-state index in [9.17, 15) is 92.6 Å². The van der Waals surface area contributed by atoms with Crippen LogP contribution in [0.1, 0.15) is 0 Å². The second-order valence-corrected chi connectivity index (χ2v) is 5.74. The lowest BCUT2D eigenvalue weighted by atomic mass is 9.87. The van der Waals surface area contributed by atoms with Crippen LogP contribution in [0.15, 0.2) is 11.9 Å². The van der Waals surface area contributed by atoms with Crippen LogP contribution in [0, 0.1) is 0 Å². The summed E-state index contributed by atoms with van der Waals surface area (Å²) < 4.78 is 258. The zero-order valence-electron chi connectivity index (χ0n) is 14.1. The van der Waals surface area contributed by atoms with Crippen molar-refractivity contribution in [3.05, 3.63) is 11.9 Å². The smallest absolute Gasteiger partial charge is 0.298 e. The summed E-state index contributed by atoms with van der Waals surface area (Å²) in [5.41, 5.74) is 0. The maximum atomic E-state index is 13.3. The molecule has 0 atom stereocenters. The van der Waals surface area contributed by atoms with Gasteiger partial charge in [0.25, 0.3) is 0 Å². The second-order valence-electron chi connectivity index (χ2n) is 5.74. The van der Waals surface area contributed by atoms with Crippen molar-refractivity contribution in [3.8, 4) is 0 Å². The first-order valence-corrected chi connectivity index (χ1v) is 6.89. The van der Waals surface area contributed by atoms with Crippen molar-refractivity contribution >= 4 is 6.29 Å². The molecule has 0 heterocycles. The summed E-state index contributed by atoms with van der Waals surface area (Å²) in [6.45, 7) is 0. The molecule has 0 fully saturated rings. The first kappa shape index (κ1) is 31.0. The number of hydrogen-bond acceptors (Lipinski definition) is 1. The molecule has 1 nitrogen and oxygen atoms in total. The van der Waals surface area contributed by atoms with Crippen molar-refractivity contribution in [2.75, 3.05) is 0 Å². The molecule has 0 rings (SSSR count). The van der Waals surface area contributed by atoms with Crippen LogP contribution >= 0.6 is 0 Å². The molecule has 0 N–H and O–H groups in total. The van der Waals surface area contributed by atoms with Crippen molar-refractivity contribution in [2.24, 2.45) is 0 Å². The topological polar surface area (TPSA) is 17.1 Å². The van der Waals surface area contributed by atoms with E-state index in [-0.39, 0.29) is 0 Å². The Kier molecular flexibility index (Phi) is 7.30. The van der Waals surface area contributed by atoms with Crippen LogP contribution in [0.25, 0.3) is 0 Å². The summed E-state index contributed by atoms with van der Waals surface area (Å²) >= 11 is 0. The van der Waals surface area contributed by atoms with E-state index in [1.54, 1.807) is 0 Å². The highest BCUT2D eigenvalue weighted by Crippen LogP contribution is 2.65. The van der Waals surface area contributed by atoms with E-state index < -0.39 is 71.7 Å². The number of carbonyl (C=O) groups is 1. The van der Waals surface area contributed by atoms with E-state index in [1.165, 1.54) is 0 Å². The fraction of sp³-hybridized carbons (Fsp3) is 0.750. The van der Waals surface area contributed by atoms with Gasteiger partial charge in [0.1, 0.15) is 6.29 Å². The lowest BCUT2D eigenvalue weighted by Gasteiger charge is -2.43. The van der Waals surface area contributed by atoms with E-state index in [0.29, 0.717) is 0 Å². The summed E-state index contributed by atoms with van der Waals surface area (Å²) in [6, 6.07) is 0. The maximum Gasteiger partial charge on any atom is 0.460 e. The molecule has 0 aromatic carbocycles. The zero-order valence-corrected chi connectivity index (χ0v) is 14.1. The molecule has 33 heavy (non-hydrogen) atoms. The Bertz CT molecular complexity index is 770. The van der Waals surface area contributed by atoms with Gasteiger partial charge in [0.05, 0.1) is 0 Å². The predicted octanol–water partition coefficient (Wildman–Crippen LogP) is 6.68. The molecule has 0 radical (unpaired) electrons. The SMILES string of the molecule is O=C/C=C(\F)C(F)(F)C(F)(F)C(F)(F)C(F)(F)C(F)(F)C(F)(F)C(F)(F)C(F)(F)C(F)(F)F. The van der Waals surface area contributed by atoms with Crippen LogP contribution in [0.3, 0.4) is 0 Å². The third kappa shape index (κ3) is 3.77. The molecule has 0 saturated heterocycles. The van der Waals surface area contributed by atoms with Gasteiger partial charge in [0.15, 0.2) is 5.83 Å². The van der Waals surface area contributed by atoms with Gasteiger partial charge in [-0.05, 0) is 0 Å². The second kappa shape index (κ2) is 7.77. The number of allylic oxidation sites excluding steroid dienone is 2. The van der Waals surface area contributed by atoms with Gasteiger partial charge >= 0.3 is 53.6 Å². The van der Waals surface area contributed by atoms with Gasteiger partial charge in [-0.15, -0.1) is 0 Å². The summed E-state index contributed by atoms with van der Waals surface area (Å²) in [6.07, 6.45) is -10.6. The molecule has 0 unspecified atom stereocenters. The Labute approximate surface area is 166 Å². The van der Waals surface area contributed by atoms with Crippen molar-refractivity contribution in [2.45, 2.75) is 53.6 Å². The normalized spacial score (nSPS) is 16.8. The van der Waals surface area contributed by atoms with Gasteiger partial charge < -0.3 is 0 Å². The number of halogens is 20. The molecule has 0 saturated carbocycles. The Morgan fingerprint density at radius 3 is 0.909 bits per heavy atom. The van der Waals surface area contributed by atoms with Gasteiger partial charge in [-0.3, -0.25) is 4.79 Å². The number of rotatable bonds is 9. The van der Waals surface area contributed by atoms with E-state index in [2.05, 4.69) is 0 Å². The minimum absolute atomic E-state index is 1.24. The van der Waals surface area contributed by atoms with Gasteiger partial charge in [0.2, 0.25) is 0 Å². The van der Waals surface area contributed by atoms with E-state index in [4.69, 9.17) is 0 Å². The molecule has 0 amide bonds. The summed E-state index contributed by atoms with van der Waals surface area (Å²) in [7, 11) is 0. The quantitative estimate of drug-likeness (QED) is 0.181. The minimum atomic E-state index is -9.08. The molecule has 0 aliphatic rings. The van der Waals surface area contributed by atoms with Crippen molar-refractivity contribution in [1.29, 1.82) is 0 Å². The van der Waals surface area contributed by atoms with Crippen molar-refractivity contribution in [3.63, 3.8) is 0 Å². The van der Waals surface area contributed by atoms with Crippen LogP contribution < -0.4 is 0 Å². The largest absolute Gasteiger partial charge is 0.460 e. The molecule has 21 heteroatoms. The average molecular weight is 542 g/mol. The van der Waals surface area contributed by atoms with Crippen LogP contribution in [0.2, 0.25) is 0 Å². The Balaban J connectivity index is 7.02. The highest BCUT2D eigenvalue weighted by Gasteiger charge is 2.96. The molecule has 0 aliphatic carbocycles. The molecule has 0 aromatic heterocycles. The minimum Gasteiger partial charge on any atom is -0.298 e. The number of carbonyl (C=O) groups excluding carboxylic acids is 1. The molecule has 0 aliphatic heterocycles. The molecular weight excluding hydrogens is 540 g/mol. The van der Waals surface area contributed by atoms with E-state index >= 15 is 0 Å². The third-order valence-corrected chi connectivity index (χ3v) is 3.63. The van der Waals surface area contributed by atoms with Gasteiger partial charge in [-0.1, -0.05) is 0 Å². The molecule has 0 aromatic rings. The van der Waals surface area contributed by atoms with Gasteiger partial charge in [-0.25, -0.2) is 4.39 Å². The average Bonchev–Trinajstić information content (AvgIpc) is 2.59. The Morgan fingerprint density at radius 2 is 0.667 bits per heavy atom. The zero-order chi connectivity index (χ0) is 27.5. The third-order valence-electron chi connectivity index (χ3n) is 3.63. The highest BCUT2D eigenvalue weighted by atomic mass is 19.4. The first-order chi connectivity index (χ1) is 14.0. The Hall–Kier alpha value is -1.99. The molecule has 0 spiro atoms. The van der Waals surface area contributed by atoms with E-state index in [0.717, 1.165) is 0 Å². The van der Waals surface area contributed by atoms with Crippen LogP contribution in [-0.2, 0) is 4.79 Å². The Morgan fingerprint density at radius 1 is 0.424 bits per heavy atom. The van der Waals surface area contributed by atoms with Crippen molar-refractivity contribution < 1.29 is 92.6 Å². The summed E-state index contributed by atoms with van der Waals surface area (Å²) in [4.78, 5) is 9.72. The highest BCUT2D eigenvalue weighted by molar-refractivity contribution is 5.66. The van der Waals surface area contributed by atoms with Crippen molar-refractivity contribution in [1.82, 2.24) is 0 Å². The number of alkyl halides is 19. The lowest BCUT2D eigenvalue weighted by molar-refractivity contribution is -0.467. The van der Waals surface area contributed by atoms with E-state index in [1.807, 2.05) is 0 Å². The fourth-order valence-electron chi connectivity index (χ4n) is 1.68. The number of aldehydes is 1. The van der Waals surface area contributed by atoms with Crippen LogP contribution in [0.4, 0.5) is 87.8 Å². The summed E-state index contributed by atoms with van der Waals surface area (Å²) in [5.74, 6) is -73.0. The van der Waals surface area contributed by atoms with Gasteiger partial charge in [0, 0.05) is 6.08 Å². The standard InChI is InChI=1S/C12H2F20O/c13-3(1-2-33)4(14,15)5(16,17)6(18,19)7(20,21)8(22,23)9(24,25)10(26,27)11(28,29)12(30,31)32/h1-2H/b3-1-. The lowest BCUT2D eigenvalue weighted by Crippen LogP contribution is -2.75. The first-order valence-electron chi connectivity index (χ1n) is 6.89. The number of hydrogen-bond donors (Lipinski definition) is 0. The van der Waals surface area contributed by atoms with Crippen LogP contribution in [0.5, 0.6) is 0 Å². The summed E-state index contributed by atoms with van der Waals surface area (Å²) in [5, 5.41) is 0. The molecule has 196 valence electrons.